The topological polar surface area (TPSA) is 23.8 Å². The summed E-state index contributed by atoms with van der Waals surface area (Å²) in [4.78, 5) is 0. The van der Waals surface area contributed by atoms with Crippen LogP contribution in [0.25, 0.3) is 0 Å². The molecule has 0 aliphatic heterocycles. The highest BCUT2D eigenvalue weighted by Crippen LogP contribution is 2.09. The second kappa shape index (κ2) is 4.70. The predicted octanol–water partition coefficient (Wildman–Crippen LogP) is 2.61. The van der Waals surface area contributed by atoms with Crippen molar-refractivity contribution >= 4 is 15.9 Å². The van der Waals surface area contributed by atoms with Crippen molar-refractivity contribution in [3.63, 3.8) is 0 Å². The lowest BCUT2D eigenvalue weighted by molar-refractivity contribution is 1.41. The second-order valence-corrected chi connectivity index (χ2v) is 3.16. The van der Waals surface area contributed by atoms with E-state index >= 15 is 0 Å². The van der Waals surface area contributed by atoms with E-state index in [-0.39, 0.29) is 0 Å². The van der Waals surface area contributed by atoms with Crippen molar-refractivity contribution in [3.05, 3.63) is 34.9 Å². The Morgan fingerprint density at radius 3 is 2.77 bits per heavy atom. The van der Waals surface area contributed by atoms with Gasteiger partial charge in [-0.1, -0.05) is 33.8 Å². The number of nitriles is 1. The first-order valence-corrected chi connectivity index (χ1v) is 4.95. The summed E-state index contributed by atoms with van der Waals surface area (Å²) in [5.41, 5.74) is 2.57. The Kier molecular flexibility index (Phi) is 3.55. The number of hydrogen-bond donors (Lipinski definition) is 0. The van der Waals surface area contributed by atoms with Crippen LogP contribution in [0.4, 0.5) is 0 Å². The third-order valence-corrected chi connectivity index (χ3v) is 1.87. The third-order valence-electron chi connectivity index (χ3n) is 1.59. The molecule has 0 saturated carbocycles. The lowest BCUT2D eigenvalue weighted by atomic mass is 10.1. The second-order valence-electron chi connectivity index (χ2n) is 2.60. The van der Waals surface area contributed by atoms with Gasteiger partial charge in [0.15, 0.2) is 0 Å². The first-order valence-electron chi connectivity index (χ1n) is 3.83. The molecule has 0 N–H and O–H groups in total. The zero-order valence-electron chi connectivity index (χ0n) is 7.26. The minimum Gasteiger partial charge on any atom is -0.192 e. The summed E-state index contributed by atoms with van der Waals surface area (Å²) in [5.74, 6) is 5.82. The van der Waals surface area contributed by atoms with Crippen molar-refractivity contribution in [1.29, 1.82) is 5.26 Å². The normalized spacial score (nSPS) is 8.38. The molecule has 13 heavy (non-hydrogen) atoms. The van der Waals surface area contributed by atoms with Gasteiger partial charge in [-0.25, -0.2) is 0 Å². The number of hydrogen-bond acceptors (Lipinski definition) is 1. The van der Waals surface area contributed by atoms with Crippen LogP contribution in [0, 0.1) is 30.1 Å². The molecule has 0 atom stereocenters. The van der Waals surface area contributed by atoms with Crippen molar-refractivity contribution in [3.8, 4) is 17.9 Å². The molecule has 0 radical (unpaired) electrons. The molecule has 0 heterocycles. The lowest BCUT2D eigenvalue weighted by Crippen LogP contribution is -1.84. The van der Waals surface area contributed by atoms with Gasteiger partial charge in [0.2, 0.25) is 0 Å². The van der Waals surface area contributed by atoms with E-state index in [1.165, 1.54) is 0 Å². The van der Waals surface area contributed by atoms with Gasteiger partial charge in [-0.3, -0.25) is 0 Å². The van der Waals surface area contributed by atoms with Crippen molar-refractivity contribution in [2.75, 3.05) is 5.33 Å². The molecule has 0 aliphatic carbocycles. The van der Waals surface area contributed by atoms with Gasteiger partial charge in [-0.05, 0) is 24.6 Å². The average molecular weight is 234 g/mol. The van der Waals surface area contributed by atoms with E-state index in [1.54, 1.807) is 6.07 Å². The van der Waals surface area contributed by atoms with Gasteiger partial charge >= 0.3 is 0 Å². The van der Waals surface area contributed by atoms with Gasteiger partial charge in [0.05, 0.1) is 10.9 Å². The van der Waals surface area contributed by atoms with Crippen molar-refractivity contribution in [2.45, 2.75) is 6.92 Å². The summed E-state index contributed by atoms with van der Waals surface area (Å²) in [6.45, 7) is 1.99. The molecule has 0 spiro atoms. The van der Waals surface area contributed by atoms with Gasteiger partial charge in [0, 0.05) is 5.56 Å². The molecule has 0 unspecified atom stereocenters. The van der Waals surface area contributed by atoms with Crippen molar-refractivity contribution in [2.24, 2.45) is 0 Å². The van der Waals surface area contributed by atoms with Crippen LogP contribution in [0.3, 0.4) is 0 Å². The van der Waals surface area contributed by atoms with Gasteiger partial charge in [0.1, 0.15) is 6.07 Å². The van der Waals surface area contributed by atoms with E-state index in [9.17, 15) is 0 Å². The zero-order chi connectivity index (χ0) is 9.68. The maximum atomic E-state index is 8.78. The molecule has 64 valence electrons. The summed E-state index contributed by atoms with van der Waals surface area (Å²) < 4.78 is 0. The number of halogens is 1. The number of nitrogens with zero attached hydrogens (tertiary/aromatic N) is 1. The monoisotopic (exact) mass is 233 g/mol. The first kappa shape index (κ1) is 9.84. The highest BCUT2D eigenvalue weighted by Gasteiger charge is 1.97. The molecule has 0 aliphatic rings. The van der Waals surface area contributed by atoms with Crippen LogP contribution < -0.4 is 0 Å². The van der Waals surface area contributed by atoms with Crippen LogP contribution in [-0.4, -0.2) is 5.33 Å². The van der Waals surface area contributed by atoms with E-state index in [1.807, 2.05) is 19.1 Å². The molecule has 0 bridgehead atoms. The van der Waals surface area contributed by atoms with Gasteiger partial charge < -0.3 is 0 Å². The SMILES string of the molecule is Cc1ccc(C#N)c(C#CCBr)c1. The standard InChI is InChI=1S/C11H8BrN/c1-9-4-5-11(8-13)10(7-9)3-2-6-12/h4-5,7H,6H2,1H3. The van der Waals surface area contributed by atoms with Crippen LogP contribution in [-0.2, 0) is 0 Å². The Hall–Kier alpha value is -1.25. The smallest absolute Gasteiger partial charge is 0.100 e. The largest absolute Gasteiger partial charge is 0.192 e. The lowest BCUT2D eigenvalue weighted by Gasteiger charge is -1.96. The molecule has 0 fully saturated rings. The number of alkyl halides is 1. The third kappa shape index (κ3) is 2.61. The Morgan fingerprint density at radius 2 is 2.15 bits per heavy atom. The Balaban J connectivity index is 3.18. The molecular formula is C11H8BrN. The maximum absolute atomic E-state index is 8.78. The summed E-state index contributed by atoms with van der Waals surface area (Å²) in [5, 5.41) is 9.41. The fraction of sp³-hybridized carbons (Fsp3) is 0.182. The summed E-state index contributed by atoms with van der Waals surface area (Å²) in [6.07, 6.45) is 0. The van der Waals surface area contributed by atoms with Crippen LogP contribution in [0.1, 0.15) is 16.7 Å². The van der Waals surface area contributed by atoms with Crippen LogP contribution in [0.2, 0.25) is 0 Å². The Labute approximate surface area is 86.5 Å². The number of benzene rings is 1. The quantitative estimate of drug-likeness (QED) is 0.500. The molecule has 0 amide bonds. The fourth-order valence-electron chi connectivity index (χ4n) is 0.988. The van der Waals surface area contributed by atoms with Crippen LogP contribution in [0.15, 0.2) is 18.2 Å². The molecule has 1 nitrogen and oxygen atoms in total. The predicted molar refractivity (Wildman–Crippen MR) is 56.6 cm³/mol. The molecule has 2 heteroatoms. The molecule has 1 aromatic rings. The maximum Gasteiger partial charge on any atom is 0.100 e. The highest BCUT2D eigenvalue weighted by molar-refractivity contribution is 9.09. The van der Waals surface area contributed by atoms with Gasteiger partial charge in [-0.15, -0.1) is 0 Å². The van der Waals surface area contributed by atoms with Crippen LogP contribution >= 0.6 is 15.9 Å². The summed E-state index contributed by atoms with van der Waals surface area (Å²) in [7, 11) is 0. The van der Waals surface area contributed by atoms with Crippen molar-refractivity contribution < 1.29 is 0 Å². The molecule has 0 saturated heterocycles. The van der Waals surface area contributed by atoms with Gasteiger partial charge in [0.25, 0.3) is 0 Å². The van der Waals surface area contributed by atoms with E-state index in [0.29, 0.717) is 10.9 Å². The Morgan fingerprint density at radius 1 is 1.38 bits per heavy atom. The van der Waals surface area contributed by atoms with Crippen LogP contribution in [0.5, 0.6) is 0 Å². The molecule has 1 aromatic carbocycles. The average Bonchev–Trinajstić information content (AvgIpc) is 2.15. The highest BCUT2D eigenvalue weighted by atomic mass is 79.9. The zero-order valence-corrected chi connectivity index (χ0v) is 8.85. The fourth-order valence-corrected chi connectivity index (χ4v) is 1.13. The Bertz CT molecular complexity index is 404. The van der Waals surface area contributed by atoms with E-state index < -0.39 is 0 Å². The van der Waals surface area contributed by atoms with E-state index in [2.05, 4.69) is 33.8 Å². The molecular weight excluding hydrogens is 226 g/mol. The minimum absolute atomic E-state index is 0.631. The van der Waals surface area contributed by atoms with Gasteiger partial charge in [-0.2, -0.15) is 5.26 Å². The van der Waals surface area contributed by atoms with E-state index in [0.717, 1.165) is 11.1 Å². The number of aryl methyl sites for hydroxylation is 1. The summed E-state index contributed by atoms with van der Waals surface area (Å²) in [6, 6.07) is 7.75. The first-order chi connectivity index (χ1) is 6.27. The van der Waals surface area contributed by atoms with E-state index in [4.69, 9.17) is 5.26 Å². The molecule has 0 aromatic heterocycles. The summed E-state index contributed by atoms with van der Waals surface area (Å²) >= 11 is 3.22. The van der Waals surface area contributed by atoms with Crippen molar-refractivity contribution in [1.82, 2.24) is 0 Å². The minimum atomic E-state index is 0.631. The number of rotatable bonds is 0. The molecule has 1 rings (SSSR count).